The van der Waals surface area contributed by atoms with Crippen LogP contribution in [0.15, 0.2) is 53.7 Å². The van der Waals surface area contributed by atoms with Gasteiger partial charge in [-0.05, 0) is 48.6 Å². The van der Waals surface area contributed by atoms with E-state index in [0.717, 1.165) is 36.6 Å². The van der Waals surface area contributed by atoms with E-state index < -0.39 is 9.84 Å². The third-order valence-electron chi connectivity index (χ3n) is 4.83. The van der Waals surface area contributed by atoms with Gasteiger partial charge in [-0.3, -0.25) is 0 Å². The molecule has 0 saturated carbocycles. The fourth-order valence-electron chi connectivity index (χ4n) is 3.38. The molecule has 1 heterocycles. The Hall–Kier alpha value is -2.80. The molecule has 30 heavy (non-hydrogen) atoms. The lowest BCUT2D eigenvalue weighted by molar-refractivity contribution is 0.601. The lowest BCUT2D eigenvalue weighted by Gasteiger charge is -2.11. The van der Waals surface area contributed by atoms with Gasteiger partial charge in [-0.1, -0.05) is 36.4 Å². The second-order valence-corrected chi connectivity index (χ2v) is 9.76. The molecule has 160 valence electrons. The van der Waals surface area contributed by atoms with Crippen molar-refractivity contribution in [3.8, 4) is 0 Å². The van der Waals surface area contributed by atoms with E-state index in [-0.39, 0.29) is 5.75 Å². The predicted molar refractivity (Wildman–Crippen MR) is 125 cm³/mol. The molecule has 0 aliphatic carbocycles. The van der Waals surface area contributed by atoms with Gasteiger partial charge >= 0.3 is 0 Å². The third-order valence-corrected chi connectivity index (χ3v) is 5.68. The van der Waals surface area contributed by atoms with Crippen molar-refractivity contribution in [3.05, 3.63) is 70.9 Å². The molecule has 3 rings (SSSR count). The van der Waals surface area contributed by atoms with Gasteiger partial charge in [-0.2, -0.15) is 0 Å². The Kier molecular flexibility index (Phi) is 7.15. The van der Waals surface area contributed by atoms with Crippen LogP contribution < -0.4 is 10.6 Å². The summed E-state index contributed by atoms with van der Waals surface area (Å²) in [5, 5.41) is 7.93. The van der Waals surface area contributed by atoms with Gasteiger partial charge in [0, 0.05) is 36.4 Å². The van der Waals surface area contributed by atoms with E-state index in [4.69, 9.17) is 0 Å². The van der Waals surface area contributed by atoms with Crippen molar-refractivity contribution in [2.45, 2.75) is 32.6 Å². The number of fused-ring (bicyclic) bond motifs is 1. The zero-order chi connectivity index (χ0) is 21.6. The number of benzene rings is 2. The first kappa shape index (κ1) is 21.9. The highest BCUT2D eigenvalue weighted by Crippen LogP contribution is 2.19. The number of aromatic amines is 1. The van der Waals surface area contributed by atoms with E-state index in [1.807, 2.05) is 31.2 Å². The number of aliphatic imine (C=N–C) groups is 1. The molecule has 0 unspecified atom stereocenters. The number of guanidine groups is 1. The maximum absolute atomic E-state index is 11.4. The maximum atomic E-state index is 11.4. The van der Waals surface area contributed by atoms with Crippen molar-refractivity contribution in [2.75, 3.05) is 19.3 Å². The molecule has 0 fully saturated rings. The number of rotatable bonds is 8. The molecule has 0 atom stereocenters. The number of nitrogens with one attached hydrogen (secondary N) is 3. The van der Waals surface area contributed by atoms with Gasteiger partial charge in [0.2, 0.25) is 0 Å². The molecule has 0 spiro atoms. The molecule has 0 saturated heterocycles. The van der Waals surface area contributed by atoms with Crippen LogP contribution in [0.5, 0.6) is 0 Å². The van der Waals surface area contributed by atoms with Crippen LogP contribution in [0.25, 0.3) is 10.9 Å². The topological polar surface area (TPSA) is 86.3 Å². The molecule has 0 amide bonds. The minimum atomic E-state index is -3.02. The summed E-state index contributed by atoms with van der Waals surface area (Å²) in [7, 11) is -3.02. The normalized spacial score (nSPS) is 12.3. The van der Waals surface area contributed by atoms with E-state index in [0.29, 0.717) is 6.54 Å². The number of hydrogen-bond acceptors (Lipinski definition) is 3. The molecule has 6 nitrogen and oxygen atoms in total. The van der Waals surface area contributed by atoms with Gasteiger partial charge in [0.25, 0.3) is 0 Å². The molecule has 7 heteroatoms. The number of aryl methyl sites for hydroxylation is 1. The number of aromatic nitrogens is 1. The van der Waals surface area contributed by atoms with Gasteiger partial charge in [0.05, 0.1) is 12.3 Å². The lowest BCUT2D eigenvalue weighted by Crippen LogP contribution is -2.38. The van der Waals surface area contributed by atoms with Gasteiger partial charge in [0.15, 0.2) is 15.8 Å². The summed E-state index contributed by atoms with van der Waals surface area (Å²) in [4.78, 5) is 8.00. The highest BCUT2D eigenvalue weighted by molar-refractivity contribution is 7.89. The highest BCUT2D eigenvalue weighted by atomic mass is 32.2. The SMILES string of the molecule is CCNC(=NCc1ccc(CS(C)(=O)=O)cc1)NCCc1c[nH]c2cc(C)ccc12. The Morgan fingerprint density at radius 2 is 1.80 bits per heavy atom. The first-order chi connectivity index (χ1) is 14.3. The number of H-pyrrole nitrogens is 1. The Morgan fingerprint density at radius 3 is 2.50 bits per heavy atom. The largest absolute Gasteiger partial charge is 0.361 e. The van der Waals surface area contributed by atoms with Crippen LogP contribution in [-0.4, -0.2) is 38.7 Å². The predicted octanol–water partition coefficient (Wildman–Crippen LogP) is 3.32. The molecule has 0 aliphatic rings. The van der Waals surface area contributed by atoms with E-state index in [9.17, 15) is 8.42 Å². The fraction of sp³-hybridized carbons (Fsp3) is 0.348. The van der Waals surface area contributed by atoms with Crippen LogP contribution in [0, 0.1) is 6.92 Å². The first-order valence-electron chi connectivity index (χ1n) is 10.2. The van der Waals surface area contributed by atoms with Gasteiger partial charge in [-0.15, -0.1) is 0 Å². The molecular weight excluding hydrogens is 396 g/mol. The fourth-order valence-corrected chi connectivity index (χ4v) is 4.18. The van der Waals surface area contributed by atoms with Crippen LogP contribution in [-0.2, 0) is 28.6 Å². The van der Waals surface area contributed by atoms with Crippen LogP contribution in [0.2, 0.25) is 0 Å². The Labute approximate surface area is 178 Å². The molecule has 3 N–H and O–H groups in total. The van der Waals surface area contributed by atoms with Crippen molar-refractivity contribution >= 4 is 26.7 Å². The standard InChI is InChI=1S/C23H30N4O2S/c1-4-24-23(27-14-18-6-8-19(9-7-18)16-30(3,28)29)25-12-11-20-15-26-22-13-17(2)5-10-21(20)22/h5-10,13,15,26H,4,11-12,14,16H2,1-3H3,(H2,24,25,27). The van der Waals surface area contributed by atoms with Crippen LogP contribution in [0.3, 0.4) is 0 Å². The summed E-state index contributed by atoms with van der Waals surface area (Å²) in [5.74, 6) is 0.835. The molecule has 3 aromatic rings. The van der Waals surface area contributed by atoms with E-state index in [1.165, 1.54) is 28.3 Å². The summed E-state index contributed by atoms with van der Waals surface area (Å²) in [6.07, 6.45) is 4.22. The lowest BCUT2D eigenvalue weighted by atomic mass is 10.1. The van der Waals surface area contributed by atoms with Gasteiger partial charge in [0.1, 0.15) is 0 Å². The molecule has 1 aromatic heterocycles. The molecule has 0 bridgehead atoms. The number of sulfone groups is 1. The Morgan fingerprint density at radius 1 is 1.07 bits per heavy atom. The zero-order valence-electron chi connectivity index (χ0n) is 17.8. The third kappa shape index (κ3) is 6.35. The molecule has 0 aliphatic heterocycles. The summed E-state index contributed by atoms with van der Waals surface area (Å²) in [5.41, 5.74) is 5.54. The average Bonchev–Trinajstić information content (AvgIpc) is 3.08. The Bertz CT molecular complexity index is 1120. The summed E-state index contributed by atoms with van der Waals surface area (Å²) < 4.78 is 22.8. The van der Waals surface area contributed by atoms with Crippen LogP contribution >= 0.6 is 0 Å². The zero-order valence-corrected chi connectivity index (χ0v) is 18.6. The summed E-state index contributed by atoms with van der Waals surface area (Å²) in [6, 6.07) is 14.0. The first-order valence-corrected chi connectivity index (χ1v) is 12.2. The quantitative estimate of drug-likeness (QED) is 0.381. The van der Waals surface area contributed by atoms with Gasteiger partial charge < -0.3 is 15.6 Å². The number of hydrogen-bond donors (Lipinski definition) is 3. The second kappa shape index (κ2) is 9.80. The van der Waals surface area contributed by atoms with Crippen molar-refractivity contribution in [2.24, 2.45) is 4.99 Å². The smallest absolute Gasteiger partial charge is 0.191 e. The maximum Gasteiger partial charge on any atom is 0.191 e. The second-order valence-electron chi connectivity index (χ2n) is 7.62. The van der Waals surface area contributed by atoms with E-state index in [2.05, 4.69) is 51.9 Å². The summed E-state index contributed by atoms with van der Waals surface area (Å²) >= 11 is 0. The van der Waals surface area contributed by atoms with Crippen molar-refractivity contribution < 1.29 is 8.42 Å². The van der Waals surface area contributed by atoms with E-state index in [1.54, 1.807) is 0 Å². The van der Waals surface area contributed by atoms with Crippen LogP contribution in [0.4, 0.5) is 0 Å². The summed E-state index contributed by atoms with van der Waals surface area (Å²) in [6.45, 7) is 6.23. The monoisotopic (exact) mass is 426 g/mol. The molecule has 0 radical (unpaired) electrons. The minimum absolute atomic E-state index is 0.0636. The Balaban J connectivity index is 1.57. The van der Waals surface area contributed by atoms with E-state index >= 15 is 0 Å². The van der Waals surface area contributed by atoms with Crippen LogP contribution in [0.1, 0.15) is 29.2 Å². The minimum Gasteiger partial charge on any atom is -0.361 e. The molecule has 2 aromatic carbocycles. The van der Waals surface area contributed by atoms with Crippen molar-refractivity contribution in [3.63, 3.8) is 0 Å². The highest BCUT2D eigenvalue weighted by Gasteiger charge is 2.06. The van der Waals surface area contributed by atoms with Crippen molar-refractivity contribution in [1.29, 1.82) is 0 Å². The average molecular weight is 427 g/mol. The van der Waals surface area contributed by atoms with Crippen molar-refractivity contribution in [1.82, 2.24) is 15.6 Å². The molecular formula is C23H30N4O2S. The number of nitrogens with zero attached hydrogens (tertiary/aromatic N) is 1. The van der Waals surface area contributed by atoms with Gasteiger partial charge in [-0.25, -0.2) is 13.4 Å².